The second-order valence-electron chi connectivity index (χ2n) is 6.05. The summed E-state index contributed by atoms with van der Waals surface area (Å²) in [4.78, 5) is 16.3. The zero-order chi connectivity index (χ0) is 19.8. The number of aromatic nitrogens is 1. The fraction of sp³-hybridized carbons (Fsp3) is 0.176. The van der Waals surface area contributed by atoms with Crippen LogP contribution in [0.15, 0.2) is 59.0 Å². The lowest BCUT2D eigenvalue weighted by atomic mass is 10.0. The molecule has 0 bridgehead atoms. The van der Waals surface area contributed by atoms with Gasteiger partial charge < -0.3 is 11.1 Å². The van der Waals surface area contributed by atoms with Gasteiger partial charge in [-0.1, -0.05) is 12.1 Å². The number of benzene rings is 1. The summed E-state index contributed by atoms with van der Waals surface area (Å²) in [5, 5.41) is 4.04. The van der Waals surface area contributed by atoms with Gasteiger partial charge in [0.05, 0.1) is 11.3 Å². The first-order chi connectivity index (χ1) is 12.6. The first-order valence-corrected chi connectivity index (χ1v) is 8.55. The van der Waals surface area contributed by atoms with E-state index in [1.165, 1.54) is 6.08 Å². The zero-order valence-corrected chi connectivity index (χ0v) is 15.6. The molecule has 0 saturated carbocycles. The number of hydrogen-bond donors (Lipinski definition) is 3. The molecule has 142 valence electrons. The monoisotopic (exact) mass is 441 g/mol. The van der Waals surface area contributed by atoms with E-state index in [9.17, 15) is 18.0 Å². The number of rotatable bonds is 3. The SMILES string of the molecule is CC1(C(=O)Nc2ccc(C(F)(F)F)cn2)C=C(N)N(c2ccccc2Br)N1. The van der Waals surface area contributed by atoms with Crippen molar-refractivity contribution >= 4 is 33.3 Å². The van der Waals surface area contributed by atoms with Crippen molar-refractivity contribution in [2.45, 2.75) is 18.6 Å². The maximum Gasteiger partial charge on any atom is 0.417 e. The van der Waals surface area contributed by atoms with Crippen LogP contribution in [0.2, 0.25) is 0 Å². The van der Waals surface area contributed by atoms with E-state index in [1.54, 1.807) is 18.0 Å². The number of anilines is 2. The third-order valence-electron chi connectivity index (χ3n) is 3.94. The lowest BCUT2D eigenvalue weighted by Gasteiger charge is -2.27. The Bertz CT molecular complexity index is 900. The van der Waals surface area contributed by atoms with Crippen LogP contribution in [0.25, 0.3) is 0 Å². The highest BCUT2D eigenvalue weighted by molar-refractivity contribution is 9.10. The normalized spacial score (nSPS) is 19.7. The molecule has 0 saturated heterocycles. The summed E-state index contributed by atoms with van der Waals surface area (Å²) in [6.07, 6.45) is -2.31. The van der Waals surface area contributed by atoms with Crippen molar-refractivity contribution in [1.82, 2.24) is 10.4 Å². The van der Waals surface area contributed by atoms with Gasteiger partial charge in [0.2, 0.25) is 0 Å². The molecule has 0 fully saturated rings. The van der Waals surface area contributed by atoms with Crippen LogP contribution in [0.3, 0.4) is 0 Å². The summed E-state index contributed by atoms with van der Waals surface area (Å²) in [6.45, 7) is 1.59. The molecule has 1 atom stereocenters. The molecular weight excluding hydrogens is 427 g/mol. The van der Waals surface area contributed by atoms with Crippen LogP contribution < -0.4 is 21.5 Å². The fourth-order valence-corrected chi connectivity index (χ4v) is 2.98. The summed E-state index contributed by atoms with van der Waals surface area (Å²) in [6, 6.07) is 9.23. The molecule has 27 heavy (non-hydrogen) atoms. The van der Waals surface area contributed by atoms with Gasteiger partial charge >= 0.3 is 6.18 Å². The van der Waals surface area contributed by atoms with Crippen molar-refractivity contribution in [3.8, 4) is 0 Å². The Morgan fingerprint density at radius 1 is 1.30 bits per heavy atom. The summed E-state index contributed by atoms with van der Waals surface area (Å²) >= 11 is 3.42. The predicted molar refractivity (Wildman–Crippen MR) is 98.3 cm³/mol. The van der Waals surface area contributed by atoms with Gasteiger partial charge in [0, 0.05) is 10.7 Å². The first-order valence-electron chi connectivity index (χ1n) is 7.76. The number of para-hydroxylation sites is 1. The molecule has 6 nitrogen and oxygen atoms in total. The van der Waals surface area contributed by atoms with Crippen molar-refractivity contribution in [2.24, 2.45) is 5.73 Å². The minimum Gasteiger partial charge on any atom is -0.384 e. The van der Waals surface area contributed by atoms with Gasteiger partial charge in [0.25, 0.3) is 5.91 Å². The highest BCUT2D eigenvalue weighted by atomic mass is 79.9. The first kappa shape index (κ1) is 19.2. The Labute approximate surface area is 161 Å². The Kier molecular flexibility index (Phi) is 4.87. The molecule has 1 aliphatic heterocycles. The van der Waals surface area contributed by atoms with Crippen molar-refractivity contribution in [3.63, 3.8) is 0 Å². The molecule has 3 rings (SSSR count). The number of amides is 1. The van der Waals surface area contributed by atoms with E-state index >= 15 is 0 Å². The Morgan fingerprint density at radius 2 is 2.00 bits per heavy atom. The van der Waals surface area contributed by atoms with Gasteiger partial charge in [0.1, 0.15) is 17.2 Å². The van der Waals surface area contributed by atoms with Crippen LogP contribution in [-0.4, -0.2) is 16.4 Å². The van der Waals surface area contributed by atoms with Crippen LogP contribution in [0, 0.1) is 0 Å². The number of halogens is 4. The van der Waals surface area contributed by atoms with Gasteiger partial charge in [-0.15, -0.1) is 0 Å². The largest absolute Gasteiger partial charge is 0.417 e. The van der Waals surface area contributed by atoms with E-state index in [2.05, 4.69) is 31.7 Å². The standard InChI is InChI=1S/C17H15BrF3N5O/c1-16(8-13(22)26(25-16)12-5-3-2-4-11(12)18)15(27)24-14-7-6-10(9-23-14)17(19,20)21/h2-9,25H,22H2,1H3,(H,23,24,27). The lowest BCUT2D eigenvalue weighted by Crippen LogP contribution is -2.53. The quantitative estimate of drug-likeness (QED) is 0.679. The number of carbonyl (C=O) groups excluding carboxylic acids is 1. The topological polar surface area (TPSA) is 83.3 Å². The fourth-order valence-electron chi connectivity index (χ4n) is 2.52. The number of nitrogens with one attached hydrogen (secondary N) is 2. The number of hydrogen-bond acceptors (Lipinski definition) is 5. The predicted octanol–water partition coefficient (Wildman–Crippen LogP) is 3.39. The van der Waals surface area contributed by atoms with Crippen LogP contribution in [0.1, 0.15) is 12.5 Å². The van der Waals surface area contributed by atoms with Crippen LogP contribution in [0.5, 0.6) is 0 Å². The summed E-state index contributed by atoms with van der Waals surface area (Å²) in [5.74, 6) is -0.213. The molecule has 2 heterocycles. The average Bonchev–Trinajstić information content (AvgIpc) is 2.91. The van der Waals surface area contributed by atoms with E-state index < -0.39 is 23.2 Å². The van der Waals surface area contributed by atoms with E-state index in [4.69, 9.17) is 5.73 Å². The highest BCUT2D eigenvalue weighted by Crippen LogP contribution is 2.32. The molecule has 2 aromatic rings. The Morgan fingerprint density at radius 3 is 2.59 bits per heavy atom. The number of carbonyl (C=O) groups is 1. The average molecular weight is 442 g/mol. The molecule has 0 spiro atoms. The van der Waals surface area contributed by atoms with Gasteiger partial charge in [0.15, 0.2) is 0 Å². The van der Waals surface area contributed by atoms with Gasteiger partial charge in [-0.2, -0.15) is 13.2 Å². The second-order valence-corrected chi connectivity index (χ2v) is 6.91. The molecule has 0 radical (unpaired) electrons. The summed E-state index contributed by atoms with van der Waals surface area (Å²) in [7, 11) is 0. The number of nitrogens with zero attached hydrogens (tertiary/aromatic N) is 2. The van der Waals surface area contributed by atoms with Crippen LogP contribution in [-0.2, 0) is 11.0 Å². The van der Waals surface area contributed by atoms with Gasteiger partial charge in [-0.3, -0.25) is 9.80 Å². The zero-order valence-electron chi connectivity index (χ0n) is 14.0. The third-order valence-corrected chi connectivity index (χ3v) is 4.61. The number of hydrazine groups is 1. The maximum atomic E-state index is 12.7. The summed E-state index contributed by atoms with van der Waals surface area (Å²) in [5.41, 5.74) is 7.63. The molecule has 10 heteroatoms. The van der Waals surface area contributed by atoms with E-state index in [1.807, 2.05) is 18.2 Å². The number of alkyl halides is 3. The van der Waals surface area contributed by atoms with Gasteiger partial charge in [-0.25, -0.2) is 10.4 Å². The van der Waals surface area contributed by atoms with Crippen molar-refractivity contribution in [1.29, 1.82) is 0 Å². The molecule has 1 unspecified atom stereocenters. The maximum absolute atomic E-state index is 12.7. The smallest absolute Gasteiger partial charge is 0.384 e. The van der Waals surface area contributed by atoms with Crippen molar-refractivity contribution in [3.05, 3.63) is 64.5 Å². The summed E-state index contributed by atoms with van der Waals surface area (Å²) < 4.78 is 38.6. The lowest BCUT2D eigenvalue weighted by molar-refractivity contribution is -0.137. The van der Waals surface area contributed by atoms with Crippen LogP contribution >= 0.6 is 15.9 Å². The molecule has 1 amide bonds. The van der Waals surface area contributed by atoms with E-state index in [0.717, 1.165) is 16.6 Å². The molecule has 1 aromatic carbocycles. The Hall–Kier alpha value is -2.59. The van der Waals surface area contributed by atoms with Crippen LogP contribution in [0.4, 0.5) is 24.7 Å². The van der Waals surface area contributed by atoms with E-state index in [0.29, 0.717) is 17.7 Å². The number of nitrogens with two attached hydrogens (primary N) is 1. The molecule has 1 aliphatic rings. The number of pyridine rings is 1. The molecule has 4 N–H and O–H groups in total. The van der Waals surface area contributed by atoms with Crippen molar-refractivity contribution < 1.29 is 18.0 Å². The van der Waals surface area contributed by atoms with Gasteiger partial charge in [-0.05, 0) is 53.2 Å². The second kappa shape index (κ2) is 6.86. The molecule has 1 aromatic heterocycles. The van der Waals surface area contributed by atoms with E-state index in [-0.39, 0.29) is 5.82 Å². The minimum absolute atomic E-state index is 0.00216. The molecule has 0 aliphatic carbocycles. The third kappa shape index (κ3) is 3.91. The highest BCUT2D eigenvalue weighted by Gasteiger charge is 2.40. The Balaban J connectivity index is 1.76. The minimum atomic E-state index is -4.49. The molecular formula is C17H15BrF3N5O. The van der Waals surface area contributed by atoms with Crippen molar-refractivity contribution in [2.75, 3.05) is 10.3 Å².